The number of carbonyl (C=O) groups excluding carboxylic acids is 1. The van der Waals surface area contributed by atoms with Crippen LogP contribution in [0.5, 0.6) is 17.2 Å². The van der Waals surface area contributed by atoms with Crippen molar-refractivity contribution in [3.05, 3.63) is 93.7 Å². The van der Waals surface area contributed by atoms with Crippen LogP contribution in [-0.4, -0.2) is 58.7 Å². The van der Waals surface area contributed by atoms with Gasteiger partial charge in [-0.15, -0.1) is 0 Å². The molecule has 232 valence electrons. The number of carbonyl (C=O) groups is 1. The zero-order valence-electron chi connectivity index (χ0n) is 24.8. The van der Waals surface area contributed by atoms with Gasteiger partial charge in [-0.3, -0.25) is 19.1 Å². The summed E-state index contributed by atoms with van der Waals surface area (Å²) in [4.78, 5) is 30.3. The van der Waals surface area contributed by atoms with Crippen LogP contribution in [0.15, 0.2) is 71.6 Å². The summed E-state index contributed by atoms with van der Waals surface area (Å²) in [5, 5.41) is 13.7. The Bertz CT molecular complexity index is 2090. The Labute approximate surface area is 258 Å². The number of amides is 1. The minimum absolute atomic E-state index is 0.00527. The number of nitrogens with one attached hydrogen (secondary N) is 1. The summed E-state index contributed by atoms with van der Waals surface area (Å²) in [5.74, 6) is -0.0220. The molecule has 1 aliphatic rings. The first kappa shape index (κ1) is 29.9. The predicted molar refractivity (Wildman–Crippen MR) is 167 cm³/mol. The van der Waals surface area contributed by atoms with Gasteiger partial charge in [-0.05, 0) is 48.2 Å². The van der Waals surface area contributed by atoms with Crippen LogP contribution in [0.25, 0.3) is 21.7 Å². The van der Waals surface area contributed by atoms with E-state index in [9.17, 15) is 23.3 Å². The molecular formula is C32H29N3O9S. The summed E-state index contributed by atoms with van der Waals surface area (Å²) >= 11 is 0. The van der Waals surface area contributed by atoms with Crippen molar-refractivity contribution in [2.75, 3.05) is 39.4 Å². The van der Waals surface area contributed by atoms with E-state index in [2.05, 4.69) is 4.98 Å². The number of non-ortho nitro benzene ring substituents is 1. The molecule has 1 aliphatic heterocycles. The van der Waals surface area contributed by atoms with Crippen LogP contribution in [0, 0.1) is 17.0 Å². The average molecular weight is 632 g/mol. The number of anilines is 1. The maximum atomic E-state index is 14.2. The molecule has 6 rings (SSSR count). The van der Waals surface area contributed by atoms with E-state index in [1.807, 2.05) is 6.92 Å². The molecule has 0 fully saturated rings. The fourth-order valence-electron chi connectivity index (χ4n) is 5.86. The second-order valence-corrected chi connectivity index (χ2v) is 12.2. The van der Waals surface area contributed by atoms with E-state index in [4.69, 9.17) is 18.4 Å². The molecular weight excluding hydrogens is 602 g/mol. The molecule has 1 atom stereocenters. The lowest BCUT2D eigenvalue weighted by Gasteiger charge is -2.17. The van der Waals surface area contributed by atoms with Gasteiger partial charge in [0.1, 0.15) is 5.69 Å². The zero-order chi connectivity index (χ0) is 32.0. The number of nitrogens with zero attached hydrogens (tertiary/aromatic N) is 2. The Hall–Kier alpha value is -5.14. The number of nitro groups is 1. The van der Waals surface area contributed by atoms with Crippen molar-refractivity contribution in [3.8, 4) is 17.2 Å². The third-order valence-corrected chi connectivity index (χ3v) is 9.27. The third kappa shape index (κ3) is 5.09. The summed E-state index contributed by atoms with van der Waals surface area (Å²) < 4.78 is 48.2. The first-order chi connectivity index (χ1) is 21.6. The number of hydrogen-bond donors (Lipinski definition) is 1. The predicted octanol–water partition coefficient (Wildman–Crippen LogP) is 5.71. The van der Waals surface area contributed by atoms with E-state index in [1.165, 1.54) is 44.4 Å². The Kier molecular flexibility index (Phi) is 7.59. The molecule has 45 heavy (non-hydrogen) atoms. The number of ether oxygens (including phenoxy) is 3. The Morgan fingerprint density at radius 2 is 1.67 bits per heavy atom. The highest BCUT2D eigenvalue weighted by molar-refractivity contribution is 7.86. The van der Waals surface area contributed by atoms with Crippen LogP contribution in [0.1, 0.15) is 27.5 Å². The van der Waals surface area contributed by atoms with Crippen molar-refractivity contribution in [3.63, 3.8) is 0 Å². The van der Waals surface area contributed by atoms with Crippen molar-refractivity contribution in [1.82, 2.24) is 4.98 Å². The second kappa shape index (κ2) is 11.4. The molecule has 0 spiro atoms. The van der Waals surface area contributed by atoms with E-state index in [1.54, 1.807) is 48.5 Å². The highest BCUT2D eigenvalue weighted by Gasteiger charge is 2.38. The van der Waals surface area contributed by atoms with Crippen LogP contribution < -0.4 is 19.1 Å². The van der Waals surface area contributed by atoms with E-state index < -0.39 is 26.9 Å². The number of aromatic amines is 1. The second-order valence-electron chi connectivity index (χ2n) is 10.6. The van der Waals surface area contributed by atoms with Crippen LogP contribution in [0.3, 0.4) is 0 Å². The maximum Gasteiger partial charge on any atom is 0.296 e. The number of aryl methyl sites for hydroxylation is 1. The number of aromatic nitrogens is 1. The van der Waals surface area contributed by atoms with Gasteiger partial charge in [-0.2, -0.15) is 8.42 Å². The Morgan fingerprint density at radius 3 is 2.31 bits per heavy atom. The highest BCUT2D eigenvalue weighted by atomic mass is 32.2. The lowest BCUT2D eigenvalue weighted by molar-refractivity contribution is -0.383. The van der Waals surface area contributed by atoms with Gasteiger partial charge in [0.2, 0.25) is 5.75 Å². The molecule has 0 aliphatic carbocycles. The summed E-state index contributed by atoms with van der Waals surface area (Å²) in [5.41, 5.74) is 2.27. The first-order valence-electron chi connectivity index (χ1n) is 13.9. The summed E-state index contributed by atoms with van der Waals surface area (Å²) in [6, 6.07) is 17.8. The monoisotopic (exact) mass is 631 g/mol. The topological polar surface area (TPSA) is 150 Å². The molecule has 0 bridgehead atoms. The van der Waals surface area contributed by atoms with Gasteiger partial charge in [0, 0.05) is 23.9 Å². The fraction of sp³-hybridized carbons (Fsp3) is 0.219. The molecule has 0 saturated heterocycles. The lowest BCUT2D eigenvalue weighted by Crippen LogP contribution is -2.31. The van der Waals surface area contributed by atoms with Crippen LogP contribution >= 0.6 is 0 Å². The third-order valence-electron chi connectivity index (χ3n) is 7.97. The van der Waals surface area contributed by atoms with Gasteiger partial charge >= 0.3 is 0 Å². The number of hydrogen-bond acceptors (Lipinski definition) is 9. The molecule has 4 aromatic carbocycles. The SMILES string of the molecule is COc1cc2cc(C(=O)N3CC(COS(=O)(=O)c4ccc(C)cc4)c4c3cc([N+](=O)[O-])c3ccccc43)[nH]c2c(OC)c1OC. The van der Waals surface area contributed by atoms with Crippen molar-refractivity contribution >= 4 is 49.1 Å². The number of rotatable bonds is 9. The minimum Gasteiger partial charge on any atom is -0.493 e. The Morgan fingerprint density at radius 1 is 0.978 bits per heavy atom. The van der Waals surface area contributed by atoms with Gasteiger partial charge in [0.25, 0.3) is 21.7 Å². The van der Waals surface area contributed by atoms with E-state index >= 15 is 0 Å². The number of fused-ring (bicyclic) bond motifs is 4. The fourth-order valence-corrected chi connectivity index (χ4v) is 6.80. The first-order valence-corrected chi connectivity index (χ1v) is 15.3. The molecule has 1 unspecified atom stereocenters. The molecule has 1 amide bonds. The van der Waals surface area contributed by atoms with Gasteiger partial charge in [-0.25, -0.2) is 0 Å². The number of nitro benzene ring substituents is 1. The van der Waals surface area contributed by atoms with Gasteiger partial charge in [-0.1, -0.05) is 35.9 Å². The zero-order valence-corrected chi connectivity index (χ0v) is 25.6. The highest BCUT2D eigenvalue weighted by Crippen LogP contribution is 2.47. The van der Waals surface area contributed by atoms with Crippen LogP contribution in [-0.2, 0) is 14.3 Å². The molecule has 0 saturated carbocycles. The number of methoxy groups -OCH3 is 3. The number of benzene rings is 4. The van der Waals surface area contributed by atoms with E-state index in [-0.39, 0.29) is 29.4 Å². The molecule has 5 aromatic rings. The summed E-state index contributed by atoms with van der Waals surface area (Å²) in [7, 11) is 0.303. The van der Waals surface area contributed by atoms with Crippen molar-refractivity contribution in [2.24, 2.45) is 0 Å². The number of H-pyrrole nitrogens is 1. The van der Waals surface area contributed by atoms with E-state index in [0.29, 0.717) is 50.2 Å². The van der Waals surface area contributed by atoms with Gasteiger partial charge in [0.15, 0.2) is 11.5 Å². The molecule has 1 N–H and O–H groups in total. The molecule has 13 heteroatoms. The maximum absolute atomic E-state index is 14.2. The minimum atomic E-state index is -4.13. The standard InChI is InChI=1S/C32H29N3O9S/c1-18-9-11-21(12-10-18)45(39,40)44-17-20-16-34(26-15-25(35(37)38)22-7-5-6-8-23(22)28(20)26)32(36)24-13-19-14-27(41-2)30(42-3)31(43-4)29(19)33-24/h5-15,20,33H,16-17H2,1-4H3. The van der Waals surface area contributed by atoms with E-state index in [0.717, 1.165) is 5.56 Å². The van der Waals surface area contributed by atoms with Gasteiger partial charge in [0.05, 0.1) is 54.3 Å². The molecule has 12 nitrogen and oxygen atoms in total. The lowest BCUT2D eigenvalue weighted by atomic mass is 9.94. The molecule has 0 radical (unpaired) electrons. The summed E-state index contributed by atoms with van der Waals surface area (Å²) in [6.07, 6.45) is 0. The molecule has 1 aromatic heterocycles. The smallest absolute Gasteiger partial charge is 0.296 e. The van der Waals surface area contributed by atoms with Crippen molar-refractivity contribution in [1.29, 1.82) is 0 Å². The van der Waals surface area contributed by atoms with Crippen molar-refractivity contribution < 1.29 is 36.5 Å². The quantitative estimate of drug-likeness (QED) is 0.123. The normalized spacial score (nSPS) is 14.5. The summed E-state index contributed by atoms with van der Waals surface area (Å²) in [6.45, 7) is 1.57. The van der Waals surface area contributed by atoms with Crippen LogP contribution in [0.2, 0.25) is 0 Å². The van der Waals surface area contributed by atoms with Crippen molar-refractivity contribution in [2.45, 2.75) is 17.7 Å². The average Bonchev–Trinajstić information content (AvgIpc) is 3.64. The largest absolute Gasteiger partial charge is 0.493 e. The van der Waals surface area contributed by atoms with Crippen LogP contribution in [0.4, 0.5) is 11.4 Å². The Balaban J connectivity index is 1.44. The van der Waals surface area contributed by atoms with Gasteiger partial charge < -0.3 is 24.1 Å². The molecule has 2 heterocycles.